The molecule has 98 valence electrons. The van der Waals surface area contributed by atoms with Crippen molar-refractivity contribution in [2.75, 3.05) is 18.9 Å². The minimum absolute atomic E-state index is 0.545. The summed E-state index contributed by atoms with van der Waals surface area (Å²) in [7, 11) is 0. The second kappa shape index (κ2) is 4.99. The molecule has 19 heavy (non-hydrogen) atoms. The molecule has 1 fully saturated rings. The van der Waals surface area contributed by atoms with Crippen LogP contribution in [-0.4, -0.2) is 13.2 Å². The highest BCUT2D eigenvalue weighted by atomic mass is 16.7. The Hall–Kier alpha value is -1.91. The minimum atomic E-state index is -0.735. The van der Waals surface area contributed by atoms with Gasteiger partial charge < -0.3 is 9.47 Å². The van der Waals surface area contributed by atoms with E-state index in [0.717, 1.165) is 5.56 Å². The van der Waals surface area contributed by atoms with Crippen molar-refractivity contribution in [1.29, 1.82) is 0 Å². The SMILES string of the molecule is Nc1cccc[n+]1CC1(c2ccccc2)OCCO1. The van der Waals surface area contributed by atoms with Gasteiger partial charge in [0.1, 0.15) is 6.54 Å². The summed E-state index contributed by atoms with van der Waals surface area (Å²) in [5.41, 5.74) is 7.00. The van der Waals surface area contributed by atoms with Crippen LogP contribution in [0.3, 0.4) is 0 Å². The lowest BCUT2D eigenvalue weighted by Crippen LogP contribution is -2.48. The number of anilines is 1. The molecular formula is C15H17N2O2+. The lowest BCUT2D eigenvalue weighted by atomic mass is 10.1. The zero-order valence-electron chi connectivity index (χ0n) is 10.7. The molecule has 2 N–H and O–H groups in total. The molecule has 2 heterocycles. The number of nitrogen functional groups attached to an aromatic ring is 1. The molecule has 0 atom stereocenters. The maximum absolute atomic E-state index is 5.99. The average Bonchev–Trinajstić information content (AvgIpc) is 2.92. The smallest absolute Gasteiger partial charge is 0.272 e. The Balaban J connectivity index is 1.96. The zero-order chi connectivity index (χ0) is 13.1. The van der Waals surface area contributed by atoms with E-state index in [4.69, 9.17) is 15.2 Å². The molecule has 1 aromatic carbocycles. The summed E-state index contributed by atoms with van der Waals surface area (Å²) in [6.45, 7) is 1.74. The van der Waals surface area contributed by atoms with Gasteiger partial charge in [0.05, 0.1) is 19.4 Å². The molecule has 0 aliphatic carbocycles. The molecule has 1 aromatic heterocycles. The molecule has 3 rings (SSSR count). The molecule has 0 amide bonds. The van der Waals surface area contributed by atoms with E-state index in [-0.39, 0.29) is 0 Å². The maximum atomic E-state index is 5.99. The van der Waals surface area contributed by atoms with Crippen LogP contribution in [0.2, 0.25) is 0 Å². The molecule has 1 aliphatic heterocycles. The third-order valence-corrected chi connectivity index (χ3v) is 3.32. The third kappa shape index (κ3) is 2.32. The van der Waals surface area contributed by atoms with Crippen LogP contribution in [0, 0.1) is 0 Å². The van der Waals surface area contributed by atoms with Crippen molar-refractivity contribution in [2.24, 2.45) is 0 Å². The second-order valence-corrected chi connectivity index (χ2v) is 4.57. The van der Waals surface area contributed by atoms with Gasteiger partial charge in [-0.15, -0.1) is 0 Å². The normalized spacial score (nSPS) is 17.5. The van der Waals surface area contributed by atoms with Crippen LogP contribution in [0.5, 0.6) is 0 Å². The Bertz CT molecular complexity index is 551. The van der Waals surface area contributed by atoms with Crippen LogP contribution in [-0.2, 0) is 21.8 Å². The third-order valence-electron chi connectivity index (χ3n) is 3.32. The molecule has 4 nitrogen and oxygen atoms in total. The van der Waals surface area contributed by atoms with E-state index in [1.165, 1.54) is 0 Å². The summed E-state index contributed by atoms with van der Waals surface area (Å²) in [5.74, 6) is -0.0431. The van der Waals surface area contributed by atoms with Gasteiger partial charge in [0, 0.05) is 11.6 Å². The fourth-order valence-electron chi connectivity index (χ4n) is 2.35. The summed E-state index contributed by atoms with van der Waals surface area (Å²) in [6, 6.07) is 15.7. The summed E-state index contributed by atoms with van der Waals surface area (Å²) in [6.07, 6.45) is 1.94. The predicted molar refractivity (Wildman–Crippen MR) is 71.1 cm³/mol. The summed E-state index contributed by atoms with van der Waals surface area (Å²) >= 11 is 0. The van der Waals surface area contributed by atoms with Gasteiger partial charge in [-0.2, -0.15) is 0 Å². The average molecular weight is 257 g/mol. The number of hydrogen-bond acceptors (Lipinski definition) is 3. The predicted octanol–water partition coefficient (Wildman–Crippen LogP) is 1.46. The van der Waals surface area contributed by atoms with E-state index in [9.17, 15) is 0 Å². The summed E-state index contributed by atoms with van der Waals surface area (Å²) in [4.78, 5) is 0. The Morgan fingerprint density at radius 3 is 2.37 bits per heavy atom. The molecule has 4 heteroatoms. The van der Waals surface area contributed by atoms with Gasteiger partial charge in [-0.1, -0.05) is 36.4 Å². The van der Waals surface area contributed by atoms with Crippen LogP contribution < -0.4 is 10.3 Å². The van der Waals surface area contributed by atoms with Crippen molar-refractivity contribution in [3.8, 4) is 0 Å². The molecule has 0 radical (unpaired) electrons. The van der Waals surface area contributed by atoms with Gasteiger partial charge in [0.15, 0.2) is 0 Å². The quantitative estimate of drug-likeness (QED) is 0.847. The number of hydrogen-bond donors (Lipinski definition) is 1. The lowest BCUT2D eigenvalue weighted by Gasteiger charge is -2.26. The monoisotopic (exact) mass is 257 g/mol. The molecule has 1 saturated heterocycles. The summed E-state index contributed by atoms with van der Waals surface area (Å²) in [5, 5.41) is 0. The fraction of sp³-hybridized carbons (Fsp3) is 0.267. The van der Waals surface area contributed by atoms with Gasteiger partial charge in [-0.3, -0.25) is 5.73 Å². The van der Waals surface area contributed by atoms with Gasteiger partial charge in [-0.25, -0.2) is 4.57 Å². The molecule has 0 saturated carbocycles. The highest BCUT2D eigenvalue weighted by Gasteiger charge is 2.41. The second-order valence-electron chi connectivity index (χ2n) is 4.57. The highest BCUT2D eigenvalue weighted by molar-refractivity contribution is 5.22. The number of benzene rings is 1. The van der Waals surface area contributed by atoms with Gasteiger partial charge in [0.2, 0.25) is 5.79 Å². The van der Waals surface area contributed by atoms with Crippen molar-refractivity contribution < 1.29 is 14.0 Å². The van der Waals surface area contributed by atoms with E-state index >= 15 is 0 Å². The number of nitrogens with zero attached hydrogens (tertiary/aromatic N) is 1. The first kappa shape index (κ1) is 12.1. The summed E-state index contributed by atoms with van der Waals surface area (Å²) < 4.78 is 13.7. The van der Waals surface area contributed by atoms with Crippen molar-refractivity contribution in [2.45, 2.75) is 12.3 Å². The number of rotatable bonds is 3. The standard InChI is InChI=1S/C15H16N2O2/c16-14-8-4-5-9-17(14)12-15(18-10-11-19-15)13-6-2-1-3-7-13/h1-9,16H,10-12H2/p+1. The lowest BCUT2D eigenvalue weighted by molar-refractivity contribution is -0.707. The highest BCUT2D eigenvalue weighted by Crippen LogP contribution is 2.31. The number of aromatic nitrogens is 1. The Morgan fingerprint density at radius 2 is 1.68 bits per heavy atom. The molecule has 1 aliphatic rings. The topological polar surface area (TPSA) is 48.4 Å². The van der Waals surface area contributed by atoms with Crippen molar-refractivity contribution in [3.63, 3.8) is 0 Å². The van der Waals surface area contributed by atoms with Crippen molar-refractivity contribution in [3.05, 3.63) is 60.3 Å². The minimum Gasteiger partial charge on any atom is -0.340 e. The van der Waals surface area contributed by atoms with E-state index < -0.39 is 5.79 Å². The van der Waals surface area contributed by atoms with E-state index in [0.29, 0.717) is 25.6 Å². The van der Waals surface area contributed by atoms with Crippen LogP contribution in [0.4, 0.5) is 5.82 Å². The van der Waals surface area contributed by atoms with Crippen LogP contribution in [0.25, 0.3) is 0 Å². The molecule has 0 bridgehead atoms. The Morgan fingerprint density at radius 1 is 1.00 bits per heavy atom. The Kier molecular flexibility index (Phi) is 3.19. The van der Waals surface area contributed by atoms with Crippen LogP contribution in [0.1, 0.15) is 5.56 Å². The van der Waals surface area contributed by atoms with Crippen molar-refractivity contribution in [1.82, 2.24) is 0 Å². The molecule has 0 spiro atoms. The number of ether oxygens (including phenoxy) is 2. The van der Waals surface area contributed by atoms with E-state index in [2.05, 4.69) is 0 Å². The van der Waals surface area contributed by atoms with E-state index in [1.54, 1.807) is 0 Å². The molecular weight excluding hydrogens is 240 g/mol. The van der Waals surface area contributed by atoms with Crippen molar-refractivity contribution >= 4 is 5.82 Å². The molecule has 2 aromatic rings. The largest absolute Gasteiger partial charge is 0.340 e. The van der Waals surface area contributed by atoms with E-state index in [1.807, 2.05) is 59.3 Å². The van der Waals surface area contributed by atoms with Gasteiger partial charge >= 0.3 is 0 Å². The van der Waals surface area contributed by atoms with Crippen LogP contribution >= 0.6 is 0 Å². The first-order chi connectivity index (χ1) is 9.30. The Labute approximate surface area is 112 Å². The first-order valence-electron chi connectivity index (χ1n) is 6.38. The number of pyridine rings is 1. The molecule has 0 unspecified atom stereocenters. The zero-order valence-corrected chi connectivity index (χ0v) is 10.7. The fourth-order valence-corrected chi connectivity index (χ4v) is 2.35. The van der Waals surface area contributed by atoms with Gasteiger partial charge in [0.25, 0.3) is 5.82 Å². The maximum Gasteiger partial charge on any atom is 0.272 e. The number of nitrogens with two attached hydrogens (primary N) is 1. The first-order valence-corrected chi connectivity index (χ1v) is 6.38. The van der Waals surface area contributed by atoms with Gasteiger partial charge in [-0.05, 0) is 6.07 Å². The van der Waals surface area contributed by atoms with Crippen LogP contribution in [0.15, 0.2) is 54.7 Å².